The number of hydrogen-bond donors (Lipinski definition) is 0. The van der Waals surface area contributed by atoms with Crippen molar-refractivity contribution >= 4 is 0 Å². The SMILES string of the molecule is CC1(C)COC1C#N. The maximum atomic E-state index is 8.35. The van der Waals surface area contributed by atoms with Crippen molar-refractivity contribution in [2.24, 2.45) is 5.41 Å². The molecule has 8 heavy (non-hydrogen) atoms. The van der Waals surface area contributed by atoms with E-state index in [1.165, 1.54) is 0 Å². The summed E-state index contributed by atoms with van der Waals surface area (Å²) in [7, 11) is 0. The van der Waals surface area contributed by atoms with Crippen molar-refractivity contribution in [1.29, 1.82) is 5.26 Å². The van der Waals surface area contributed by atoms with E-state index in [1.807, 2.05) is 13.8 Å². The zero-order chi connectivity index (χ0) is 6.20. The summed E-state index contributed by atoms with van der Waals surface area (Å²) in [5.74, 6) is 0. The average Bonchev–Trinajstić information content (AvgIpc) is 1.66. The van der Waals surface area contributed by atoms with Crippen molar-refractivity contribution in [1.82, 2.24) is 0 Å². The largest absolute Gasteiger partial charge is 0.362 e. The van der Waals surface area contributed by atoms with Crippen LogP contribution >= 0.6 is 0 Å². The molecule has 44 valence electrons. The Hall–Kier alpha value is -0.550. The number of hydrogen-bond acceptors (Lipinski definition) is 2. The molecule has 0 aromatic rings. The normalized spacial score (nSPS) is 32.9. The first-order valence-corrected chi connectivity index (χ1v) is 2.68. The summed E-state index contributed by atoms with van der Waals surface area (Å²) in [6.07, 6.45) is -0.164. The van der Waals surface area contributed by atoms with Crippen LogP contribution in [0.2, 0.25) is 0 Å². The topological polar surface area (TPSA) is 33.0 Å². The first kappa shape index (κ1) is 5.58. The molecule has 0 saturated carbocycles. The second kappa shape index (κ2) is 1.46. The van der Waals surface area contributed by atoms with Crippen molar-refractivity contribution in [2.75, 3.05) is 6.61 Å². The van der Waals surface area contributed by atoms with E-state index in [0.717, 1.165) is 6.61 Å². The minimum atomic E-state index is -0.164. The molecule has 0 bridgehead atoms. The first-order chi connectivity index (χ1) is 3.67. The molecule has 0 spiro atoms. The third-order valence-electron chi connectivity index (χ3n) is 1.45. The monoisotopic (exact) mass is 111 g/mol. The Bertz CT molecular complexity index is 134. The van der Waals surface area contributed by atoms with E-state index in [9.17, 15) is 0 Å². The lowest BCUT2D eigenvalue weighted by molar-refractivity contribution is -0.135. The molecule has 0 aromatic carbocycles. The van der Waals surface area contributed by atoms with Gasteiger partial charge in [-0.1, -0.05) is 13.8 Å². The molecule has 2 heteroatoms. The Kier molecular flexibility index (Phi) is 1.02. The molecular weight excluding hydrogens is 102 g/mol. The highest BCUT2D eigenvalue weighted by molar-refractivity contribution is 5.01. The summed E-state index contributed by atoms with van der Waals surface area (Å²) in [5.41, 5.74) is 0.106. The fourth-order valence-corrected chi connectivity index (χ4v) is 0.712. The molecule has 0 radical (unpaired) electrons. The van der Waals surface area contributed by atoms with Crippen molar-refractivity contribution < 1.29 is 4.74 Å². The summed E-state index contributed by atoms with van der Waals surface area (Å²) in [6, 6.07) is 2.07. The van der Waals surface area contributed by atoms with Gasteiger partial charge in [0.15, 0.2) is 6.10 Å². The molecule has 0 amide bonds. The van der Waals surface area contributed by atoms with E-state index >= 15 is 0 Å². The molecule has 0 aliphatic carbocycles. The Morgan fingerprint density at radius 3 is 2.38 bits per heavy atom. The molecule has 1 rings (SSSR count). The second-order valence-electron chi connectivity index (χ2n) is 2.81. The van der Waals surface area contributed by atoms with Crippen LogP contribution in [-0.4, -0.2) is 12.7 Å². The molecule has 1 saturated heterocycles. The van der Waals surface area contributed by atoms with Gasteiger partial charge in [-0.3, -0.25) is 0 Å². The van der Waals surface area contributed by atoms with E-state index in [-0.39, 0.29) is 11.5 Å². The predicted octanol–water partition coefficient (Wildman–Crippen LogP) is 0.935. The molecule has 0 aromatic heterocycles. The van der Waals surface area contributed by atoms with Gasteiger partial charge in [-0.25, -0.2) is 0 Å². The highest BCUT2D eigenvalue weighted by Gasteiger charge is 2.39. The minimum Gasteiger partial charge on any atom is -0.362 e. The molecule has 1 aliphatic rings. The fraction of sp³-hybridized carbons (Fsp3) is 0.833. The summed E-state index contributed by atoms with van der Waals surface area (Å²) in [4.78, 5) is 0. The van der Waals surface area contributed by atoms with Gasteiger partial charge in [-0.05, 0) is 0 Å². The highest BCUT2D eigenvalue weighted by atomic mass is 16.5. The lowest BCUT2D eigenvalue weighted by Gasteiger charge is -2.39. The van der Waals surface area contributed by atoms with E-state index in [4.69, 9.17) is 10.00 Å². The zero-order valence-electron chi connectivity index (χ0n) is 5.14. The van der Waals surface area contributed by atoms with Crippen molar-refractivity contribution in [3.05, 3.63) is 0 Å². The highest BCUT2D eigenvalue weighted by Crippen LogP contribution is 2.32. The summed E-state index contributed by atoms with van der Waals surface area (Å²) in [5, 5.41) is 8.35. The Morgan fingerprint density at radius 2 is 2.38 bits per heavy atom. The van der Waals surface area contributed by atoms with Crippen LogP contribution in [0.4, 0.5) is 0 Å². The standard InChI is InChI=1S/C6H9NO/c1-6(2)4-8-5(6)3-7/h5H,4H2,1-2H3. The van der Waals surface area contributed by atoms with Gasteiger partial charge in [-0.15, -0.1) is 0 Å². The minimum absolute atomic E-state index is 0.106. The van der Waals surface area contributed by atoms with Crippen LogP contribution < -0.4 is 0 Å². The van der Waals surface area contributed by atoms with Crippen molar-refractivity contribution in [3.63, 3.8) is 0 Å². The van der Waals surface area contributed by atoms with Crippen molar-refractivity contribution in [3.8, 4) is 6.07 Å². The maximum absolute atomic E-state index is 8.35. The van der Waals surface area contributed by atoms with E-state index < -0.39 is 0 Å². The van der Waals surface area contributed by atoms with Crippen LogP contribution in [0.1, 0.15) is 13.8 Å². The lowest BCUT2D eigenvalue weighted by atomic mass is 9.83. The third-order valence-corrected chi connectivity index (χ3v) is 1.45. The first-order valence-electron chi connectivity index (χ1n) is 2.68. The molecule has 1 unspecified atom stereocenters. The van der Waals surface area contributed by atoms with Gasteiger partial charge >= 0.3 is 0 Å². The van der Waals surface area contributed by atoms with Gasteiger partial charge in [0.1, 0.15) is 0 Å². The molecular formula is C6H9NO. The molecule has 1 atom stereocenters. The zero-order valence-corrected chi connectivity index (χ0v) is 5.14. The molecule has 2 nitrogen and oxygen atoms in total. The van der Waals surface area contributed by atoms with E-state index in [0.29, 0.717) is 0 Å². The number of nitrogens with zero attached hydrogens (tertiary/aromatic N) is 1. The van der Waals surface area contributed by atoms with Crippen LogP contribution in [0.25, 0.3) is 0 Å². The van der Waals surface area contributed by atoms with Gasteiger partial charge in [-0.2, -0.15) is 5.26 Å². The summed E-state index contributed by atoms with van der Waals surface area (Å²) in [6.45, 7) is 4.79. The smallest absolute Gasteiger partial charge is 0.151 e. The summed E-state index contributed by atoms with van der Waals surface area (Å²) >= 11 is 0. The average molecular weight is 111 g/mol. The van der Waals surface area contributed by atoms with Crippen molar-refractivity contribution in [2.45, 2.75) is 20.0 Å². The van der Waals surface area contributed by atoms with Gasteiger partial charge in [0.05, 0.1) is 12.7 Å². The van der Waals surface area contributed by atoms with Crippen LogP contribution in [0.5, 0.6) is 0 Å². The molecule has 1 heterocycles. The van der Waals surface area contributed by atoms with Gasteiger partial charge in [0, 0.05) is 5.41 Å². The quantitative estimate of drug-likeness (QED) is 0.466. The van der Waals surface area contributed by atoms with Gasteiger partial charge < -0.3 is 4.74 Å². The molecule has 1 fully saturated rings. The molecule has 1 aliphatic heterocycles. The van der Waals surface area contributed by atoms with Crippen LogP contribution in [-0.2, 0) is 4.74 Å². The van der Waals surface area contributed by atoms with Gasteiger partial charge in [0.2, 0.25) is 0 Å². The maximum Gasteiger partial charge on any atom is 0.151 e. The van der Waals surface area contributed by atoms with Crippen LogP contribution in [0, 0.1) is 16.7 Å². The number of nitriles is 1. The fourth-order valence-electron chi connectivity index (χ4n) is 0.712. The Balaban J connectivity index is 2.53. The Labute approximate surface area is 49.1 Å². The third kappa shape index (κ3) is 0.597. The van der Waals surface area contributed by atoms with Crippen LogP contribution in [0.3, 0.4) is 0 Å². The second-order valence-corrected chi connectivity index (χ2v) is 2.81. The molecule has 0 N–H and O–H groups in total. The van der Waals surface area contributed by atoms with Crippen LogP contribution in [0.15, 0.2) is 0 Å². The Morgan fingerprint density at radius 1 is 1.75 bits per heavy atom. The predicted molar refractivity (Wildman–Crippen MR) is 29.1 cm³/mol. The van der Waals surface area contributed by atoms with E-state index in [1.54, 1.807) is 0 Å². The summed E-state index contributed by atoms with van der Waals surface area (Å²) < 4.78 is 4.93. The van der Waals surface area contributed by atoms with Gasteiger partial charge in [0.25, 0.3) is 0 Å². The number of ether oxygens (including phenoxy) is 1. The van der Waals surface area contributed by atoms with E-state index in [2.05, 4.69) is 6.07 Å². The lowest BCUT2D eigenvalue weighted by Crippen LogP contribution is -2.46. The number of rotatable bonds is 0.